The molecule has 1 heterocycles. The van der Waals surface area contributed by atoms with E-state index in [-0.39, 0.29) is 11.6 Å². The number of carbonyl (C=O) groups is 1. The van der Waals surface area contributed by atoms with Crippen LogP contribution in [0.2, 0.25) is 0 Å². The van der Waals surface area contributed by atoms with E-state index < -0.39 is 15.1 Å². The molecule has 4 bridgehead atoms. The van der Waals surface area contributed by atoms with Gasteiger partial charge in [0.15, 0.2) is 9.84 Å². The zero-order valence-electron chi connectivity index (χ0n) is 15.6. The van der Waals surface area contributed by atoms with E-state index in [2.05, 4.69) is 5.32 Å². The first kappa shape index (κ1) is 17.5. The van der Waals surface area contributed by atoms with Crippen LogP contribution in [0.25, 0.3) is 0 Å². The summed E-state index contributed by atoms with van der Waals surface area (Å²) in [5, 5.41) is 2.87. The molecule has 1 aromatic carbocycles. The van der Waals surface area contributed by atoms with Gasteiger partial charge in [-0.15, -0.1) is 0 Å². The van der Waals surface area contributed by atoms with Crippen LogP contribution in [0.1, 0.15) is 44.9 Å². The van der Waals surface area contributed by atoms with E-state index in [0.717, 1.165) is 37.0 Å². The number of amides is 2. The van der Waals surface area contributed by atoms with Crippen LogP contribution >= 0.6 is 0 Å². The molecule has 5 fully saturated rings. The van der Waals surface area contributed by atoms with Crippen LogP contribution < -0.4 is 5.32 Å². The van der Waals surface area contributed by atoms with E-state index in [0.29, 0.717) is 24.4 Å². The number of nitrogens with one attached hydrogen (secondary N) is 1. The maximum absolute atomic E-state index is 13.0. The quantitative estimate of drug-likeness (QED) is 0.865. The van der Waals surface area contributed by atoms with Crippen molar-refractivity contribution in [2.75, 3.05) is 13.1 Å². The lowest BCUT2D eigenvalue weighted by atomic mass is 9.53. The van der Waals surface area contributed by atoms with Gasteiger partial charge in [-0.25, -0.2) is 13.2 Å². The van der Waals surface area contributed by atoms with Crippen molar-refractivity contribution in [3.63, 3.8) is 0 Å². The smallest absolute Gasteiger partial charge is 0.317 e. The molecule has 1 aliphatic heterocycles. The topological polar surface area (TPSA) is 66.5 Å². The summed E-state index contributed by atoms with van der Waals surface area (Å²) in [6.45, 7) is 0.824. The van der Waals surface area contributed by atoms with Crippen molar-refractivity contribution in [1.29, 1.82) is 0 Å². The number of benzene rings is 1. The maximum Gasteiger partial charge on any atom is 0.317 e. The largest absolute Gasteiger partial charge is 0.333 e. The Morgan fingerprint density at radius 1 is 1.00 bits per heavy atom. The highest BCUT2D eigenvalue weighted by Gasteiger charge is 2.52. The van der Waals surface area contributed by atoms with E-state index in [4.69, 9.17) is 0 Å². The van der Waals surface area contributed by atoms with Gasteiger partial charge in [0.25, 0.3) is 0 Å². The van der Waals surface area contributed by atoms with Gasteiger partial charge in [0.1, 0.15) is 0 Å². The second-order valence-corrected chi connectivity index (χ2v) is 11.6. The number of carbonyl (C=O) groups excluding carboxylic acids is 1. The van der Waals surface area contributed by atoms with Crippen molar-refractivity contribution < 1.29 is 13.2 Å². The summed E-state index contributed by atoms with van der Waals surface area (Å²) in [4.78, 5) is 15.0. The molecule has 2 amide bonds. The Kier molecular flexibility index (Phi) is 4.04. The predicted molar refractivity (Wildman–Crippen MR) is 103 cm³/mol. The fraction of sp³-hybridized carbons (Fsp3) is 0.667. The lowest BCUT2D eigenvalue weighted by molar-refractivity contribution is -0.0153. The summed E-state index contributed by atoms with van der Waals surface area (Å²) in [6.07, 6.45) is 7.90. The summed E-state index contributed by atoms with van der Waals surface area (Å²) in [6, 6.07) is 8.56. The van der Waals surface area contributed by atoms with E-state index in [9.17, 15) is 13.2 Å². The minimum Gasteiger partial charge on any atom is -0.333 e. The van der Waals surface area contributed by atoms with Gasteiger partial charge in [-0.1, -0.05) is 18.2 Å². The molecule has 0 aromatic heterocycles. The van der Waals surface area contributed by atoms with E-state index >= 15 is 0 Å². The van der Waals surface area contributed by atoms with Gasteiger partial charge in [-0.3, -0.25) is 0 Å². The molecule has 1 aromatic rings. The molecule has 146 valence electrons. The van der Waals surface area contributed by atoms with Crippen LogP contribution in [0.15, 0.2) is 35.2 Å². The molecule has 4 saturated carbocycles. The molecule has 27 heavy (non-hydrogen) atoms. The van der Waals surface area contributed by atoms with Gasteiger partial charge in [0, 0.05) is 18.6 Å². The van der Waals surface area contributed by atoms with Crippen LogP contribution in [0.5, 0.6) is 0 Å². The average Bonchev–Trinajstić information content (AvgIpc) is 3.12. The van der Waals surface area contributed by atoms with Gasteiger partial charge in [-0.05, 0) is 74.8 Å². The van der Waals surface area contributed by atoms with Crippen molar-refractivity contribution in [2.24, 2.45) is 17.8 Å². The van der Waals surface area contributed by atoms with Crippen LogP contribution in [-0.2, 0) is 9.84 Å². The molecule has 1 unspecified atom stereocenters. The first-order chi connectivity index (χ1) is 12.9. The Labute approximate surface area is 161 Å². The Morgan fingerprint density at radius 3 is 2.19 bits per heavy atom. The average molecular weight is 389 g/mol. The second kappa shape index (κ2) is 6.23. The van der Waals surface area contributed by atoms with E-state index in [1.165, 1.54) is 19.3 Å². The summed E-state index contributed by atoms with van der Waals surface area (Å²) in [5.74, 6) is 2.34. The Bertz CT molecular complexity index is 801. The lowest BCUT2D eigenvalue weighted by Crippen LogP contribution is -2.61. The molecule has 0 spiro atoms. The number of urea groups is 1. The number of hydrogen-bond acceptors (Lipinski definition) is 3. The molecule has 5 nitrogen and oxygen atoms in total. The Balaban J connectivity index is 1.26. The summed E-state index contributed by atoms with van der Waals surface area (Å²) in [5.41, 5.74) is -0.0256. The standard InChI is InChI=1S/C21H28N2O3S/c24-20(22-21-11-15-8-16(12-21)10-17(9-15)13-21)23-7-6-19(14-23)27(25,26)18-4-2-1-3-5-18/h1-5,15-17,19H,6-14H2,(H,22,24). The van der Waals surface area contributed by atoms with Crippen LogP contribution in [0, 0.1) is 17.8 Å². The Hall–Kier alpha value is -1.56. The fourth-order valence-corrected chi connectivity index (χ4v) is 8.25. The zero-order chi connectivity index (χ0) is 18.6. The van der Waals surface area contributed by atoms with Gasteiger partial charge in [0.05, 0.1) is 10.1 Å². The number of rotatable bonds is 3. The van der Waals surface area contributed by atoms with Crippen LogP contribution in [0.3, 0.4) is 0 Å². The number of nitrogens with zero attached hydrogens (tertiary/aromatic N) is 1. The minimum atomic E-state index is -3.38. The molecule has 6 rings (SSSR count). The lowest BCUT2D eigenvalue weighted by Gasteiger charge is -2.57. The molecule has 4 aliphatic carbocycles. The SMILES string of the molecule is O=C(NC12CC3CC(CC(C3)C1)C2)N1CCC(S(=O)(=O)c2ccccc2)C1. The van der Waals surface area contributed by atoms with Gasteiger partial charge < -0.3 is 10.2 Å². The minimum absolute atomic E-state index is 0.0256. The highest BCUT2D eigenvalue weighted by atomic mass is 32.2. The van der Waals surface area contributed by atoms with Crippen molar-refractivity contribution in [3.8, 4) is 0 Å². The van der Waals surface area contributed by atoms with Crippen LogP contribution in [0.4, 0.5) is 4.79 Å². The third-order valence-electron chi connectivity index (χ3n) is 7.35. The molecular formula is C21H28N2O3S. The van der Waals surface area contributed by atoms with E-state index in [1.807, 2.05) is 6.07 Å². The normalized spacial score (nSPS) is 37.6. The van der Waals surface area contributed by atoms with Gasteiger partial charge in [0.2, 0.25) is 0 Å². The highest BCUT2D eigenvalue weighted by Crippen LogP contribution is 2.55. The predicted octanol–water partition coefficient (Wildman–Crippen LogP) is 3.21. The first-order valence-corrected chi connectivity index (χ1v) is 11.8. The fourth-order valence-electron chi connectivity index (χ4n) is 6.54. The summed E-state index contributed by atoms with van der Waals surface area (Å²) in [7, 11) is -3.38. The third-order valence-corrected chi connectivity index (χ3v) is 9.54. The monoisotopic (exact) mass is 388 g/mol. The van der Waals surface area contributed by atoms with Crippen molar-refractivity contribution in [1.82, 2.24) is 10.2 Å². The summed E-state index contributed by atoms with van der Waals surface area (Å²) < 4.78 is 25.7. The second-order valence-electron chi connectivity index (χ2n) is 9.34. The van der Waals surface area contributed by atoms with E-state index in [1.54, 1.807) is 29.2 Å². The van der Waals surface area contributed by atoms with Crippen molar-refractivity contribution in [2.45, 2.75) is 60.6 Å². The molecule has 1 atom stereocenters. The molecule has 6 heteroatoms. The van der Waals surface area contributed by atoms with Gasteiger partial charge in [-0.2, -0.15) is 0 Å². The maximum atomic E-state index is 13.0. The number of hydrogen-bond donors (Lipinski definition) is 1. The molecule has 5 aliphatic rings. The van der Waals surface area contributed by atoms with Crippen molar-refractivity contribution >= 4 is 15.9 Å². The number of likely N-dealkylation sites (tertiary alicyclic amines) is 1. The highest BCUT2D eigenvalue weighted by molar-refractivity contribution is 7.92. The van der Waals surface area contributed by atoms with Crippen LogP contribution in [-0.4, -0.2) is 43.2 Å². The molecule has 1 saturated heterocycles. The Morgan fingerprint density at radius 2 is 1.59 bits per heavy atom. The molecule has 1 N–H and O–H groups in total. The van der Waals surface area contributed by atoms with Gasteiger partial charge >= 0.3 is 6.03 Å². The number of sulfone groups is 1. The first-order valence-electron chi connectivity index (χ1n) is 10.3. The zero-order valence-corrected chi connectivity index (χ0v) is 16.5. The summed E-state index contributed by atoms with van der Waals surface area (Å²) >= 11 is 0. The molecular weight excluding hydrogens is 360 g/mol. The third kappa shape index (κ3) is 3.06. The molecule has 0 radical (unpaired) electrons. The van der Waals surface area contributed by atoms with Crippen molar-refractivity contribution in [3.05, 3.63) is 30.3 Å².